The van der Waals surface area contributed by atoms with E-state index in [9.17, 15) is 10.0 Å². The smallest absolute Gasteiger partial charge is 0.276 e. The summed E-state index contributed by atoms with van der Waals surface area (Å²) in [6.07, 6.45) is 20.3. The zero-order valence-corrected chi connectivity index (χ0v) is 16.8. The predicted molar refractivity (Wildman–Crippen MR) is 110 cm³/mol. The average molecular weight is 360 g/mol. The molecule has 1 N–H and O–H groups in total. The van der Waals surface area contributed by atoms with Crippen LogP contribution in [0, 0.1) is 0 Å². The number of nitrogens with zero attached hydrogens (tertiary/aromatic N) is 1. The van der Waals surface area contributed by atoms with Crippen molar-refractivity contribution in [1.82, 2.24) is 5.06 Å². The molecule has 0 atom stereocenters. The highest BCUT2D eigenvalue weighted by Crippen LogP contribution is 2.13. The second kappa shape index (κ2) is 14.5. The third-order valence-corrected chi connectivity index (χ3v) is 4.71. The Balaban J connectivity index is 2.07. The van der Waals surface area contributed by atoms with Gasteiger partial charge in [0.2, 0.25) is 0 Å². The van der Waals surface area contributed by atoms with Gasteiger partial charge in [0.25, 0.3) is 5.91 Å². The van der Waals surface area contributed by atoms with E-state index in [1.807, 2.05) is 18.2 Å². The van der Waals surface area contributed by atoms with Gasteiger partial charge in [-0.1, -0.05) is 95.4 Å². The lowest BCUT2D eigenvalue weighted by Crippen LogP contribution is -2.22. The molecule has 0 fully saturated rings. The van der Waals surface area contributed by atoms with Crippen LogP contribution in [0.25, 0.3) is 6.08 Å². The van der Waals surface area contributed by atoms with Crippen molar-refractivity contribution in [2.75, 3.05) is 7.05 Å². The van der Waals surface area contributed by atoms with E-state index in [0.717, 1.165) is 12.0 Å². The van der Waals surface area contributed by atoms with Crippen molar-refractivity contribution in [3.8, 4) is 0 Å². The molecule has 0 saturated heterocycles. The number of unbranched alkanes of at least 4 members (excludes halogenated alkanes) is 11. The Morgan fingerprint density at radius 3 is 2.12 bits per heavy atom. The first-order valence-corrected chi connectivity index (χ1v) is 10.4. The summed E-state index contributed by atoms with van der Waals surface area (Å²) in [6.45, 7) is 2.27. The van der Waals surface area contributed by atoms with Gasteiger partial charge in [-0.25, -0.2) is 5.06 Å². The normalized spacial score (nSPS) is 11.2. The molecule has 0 unspecified atom stereocenters. The molecule has 3 nitrogen and oxygen atoms in total. The lowest BCUT2D eigenvalue weighted by atomic mass is 10.0. The van der Waals surface area contributed by atoms with Crippen molar-refractivity contribution >= 4 is 12.0 Å². The van der Waals surface area contributed by atoms with Crippen LogP contribution in [0.2, 0.25) is 0 Å². The number of rotatable bonds is 14. The van der Waals surface area contributed by atoms with E-state index in [0.29, 0.717) is 10.6 Å². The average Bonchev–Trinajstić information content (AvgIpc) is 2.65. The Morgan fingerprint density at radius 1 is 0.962 bits per heavy atom. The Kier molecular flexibility index (Phi) is 12.6. The fraction of sp³-hybridized carbons (Fsp3) is 0.609. The Bertz CT molecular complexity index is 523. The van der Waals surface area contributed by atoms with Crippen molar-refractivity contribution < 1.29 is 10.0 Å². The van der Waals surface area contributed by atoms with Gasteiger partial charge in [-0.05, 0) is 30.5 Å². The van der Waals surface area contributed by atoms with Crippen LogP contribution < -0.4 is 0 Å². The number of hydrogen-bond donors (Lipinski definition) is 1. The molecule has 1 aromatic rings. The van der Waals surface area contributed by atoms with E-state index in [1.165, 1.54) is 77.7 Å². The lowest BCUT2D eigenvalue weighted by Gasteiger charge is -2.08. The highest BCUT2D eigenvalue weighted by molar-refractivity contribution is 5.93. The van der Waals surface area contributed by atoms with Gasteiger partial charge in [-0.3, -0.25) is 10.0 Å². The molecule has 0 aliphatic heterocycles. The van der Waals surface area contributed by atoms with Gasteiger partial charge in [0, 0.05) is 12.6 Å². The number of allylic oxidation sites excluding steroid dienone is 1. The number of carbonyl (C=O) groups is 1. The maximum absolute atomic E-state index is 11.7. The largest absolute Gasteiger partial charge is 0.286 e. The van der Waals surface area contributed by atoms with E-state index >= 15 is 0 Å². The fourth-order valence-electron chi connectivity index (χ4n) is 3.11. The molecule has 0 radical (unpaired) electrons. The number of amides is 1. The molecule has 0 saturated carbocycles. The number of carbonyl (C=O) groups excluding carboxylic acids is 1. The second-order valence-electron chi connectivity index (χ2n) is 7.18. The van der Waals surface area contributed by atoms with E-state index < -0.39 is 0 Å². The zero-order chi connectivity index (χ0) is 19.0. The van der Waals surface area contributed by atoms with Gasteiger partial charge >= 0.3 is 0 Å². The standard InChI is InChI=1S/C23H37NO2/c1-3-4-5-6-7-8-9-10-11-12-13-14-15-17-21-18-16-19-22(20-21)23(25)24(2)26/h15-20,26H,3-14H2,1-2H3. The van der Waals surface area contributed by atoms with Crippen LogP contribution in [0.3, 0.4) is 0 Å². The molecule has 3 heteroatoms. The Morgan fingerprint density at radius 2 is 1.54 bits per heavy atom. The summed E-state index contributed by atoms with van der Waals surface area (Å²) in [7, 11) is 1.34. The molecule has 1 amide bonds. The first kappa shape index (κ1) is 22.4. The van der Waals surface area contributed by atoms with Gasteiger partial charge in [-0.2, -0.15) is 0 Å². The van der Waals surface area contributed by atoms with E-state index in [1.54, 1.807) is 6.07 Å². The van der Waals surface area contributed by atoms with Gasteiger partial charge < -0.3 is 0 Å². The highest BCUT2D eigenvalue weighted by Gasteiger charge is 2.08. The minimum Gasteiger partial charge on any atom is -0.286 e. The molecule has 146 valence electrons. The molecule has 0 aliphatic carbocycles. The van der Waals surface area contributed by atoms with Gasteiger partial charge in [-0.15, -0.1) is 0 Å². The van der Waals surface area contributed by atoms with Crippen LogP contribution in [-0.2, 0) is 0 Å². The van der Waals surface area contributed by atoms with Gasteiger partial charge in [0.15, 0.2) is 0 Å². The Labute approximate surface area is 160 Å². The number of benzene rings is 1. The molecule has 1 rings (SSSR count). The topological polar surface area (TPSA) is 40.5 Å². The summed E-state index contributed by atoms with van der Waals surface area (Å²) in [6, 6.07) is 7.35. The maximum Gasteiger partial charge on any atom is 0.276 e. The predicted octanol–water partition coefficient (Wildman–Crippen LogP) is 6.86. The van der Waals surface area contributed by atoms with Crippen molar-refractivity contribution in [2.45, 2.75) is 84.0 Å². The minimum atomic E-state index is -0.384. The lowest BCUT2D eigenvalue weighted by molar-refractivity contribution is -0.0374. The molecule has 26 heavy (non-hydrogen) atoms. The summed E-state index contributed by atoms with van der Waals surface area (Å²) in [4.78, 5) is 11.7. The zero-order valence-electron chi connectivity index (χ0n) is 16.8. The van der Waals surface area contributed by atoms with Crippen LogP contribution in [0.15, 0.2) is 30.3 Å². The molecular weight excluding hydrogens is 322 g/mol. The minimum absolute atomic E-state index is 0.384. The van der Waals surface area contributed by atoms with Crippen molar-refractivity contribution in [1.29, 1.82) is 0 Å². The number of hydrogen-bond acceptors (Lipinski definition) is 2. The van der Waals surface area contributed by atoms with Gasteiger partial charge in [0.1, 0.15) is 0 Å². The van der Waals surface area contributed by atoms with Gasteiger partial charge in [0.05, 0.1) is 0 Å². The maximum atomic E-state index is 11.7. The molecule has 1 aromatic carbocycles. The van der Waals surface area contributed by atoms with Crippen LogP contribution in [0.5, 0.6) is 0 Å². The van der Waals surface area contributed by atoms with E-state index in [2.05, 4.69) is 19.1 Å². The summed E-state index contributed by atoms with van der Waals surface area (Å²) < 4.78 is 0. The van der Waals surface area contributed by atoms with Crippen LogP contribution in [0.4, 0.5) is 0 Å². The molecular formula is C23H37NO2. The molecule has 0 aromatic heterocycles. The molecule has 0 aliphatic rings. The number of hydroxylamine groups is 2. The monoisotopic (exact) mass is 359 g/mol. The van der Waals surface area contributed by atoms with Crippen LogP contribution in [-0.4, -0.2) is 23.2 Å². The fourth-order valence-corrected chi connectivity index (χ4v) is 3.11. The van der Waals surface area contributed by atoms with E-state index in [-0.39, 0.29) is 5.91 Å². The van der Waals surface area contributed by atoms with Crippen LogP contribution in [0.1, 0.15) is 99.9 Å². The SMILES string of the molecule is CCCCCCCCCCCCCC=Cc1cccc(C(=O)N(C)O)c1. The van der Waals surface area contributed by atoms with Crippen LogP contribution >= 0.6 is 0 Å². The quantitative estimate of drug-likeness (QED) is 0.224. The molecule has 0 heterocycles. The highest BCUT2D eigenvalue weighted by atomic mass is 16.5. The first-order chi connectivity index (χ1) is 12.6. The summed E-state index contributed by atoms with van der Waals surface area (Å²) in [5.74, 6) is -0.384. The van der Waals surface area contributed by atoms with Crippen molar-refractivity contribution in [2.24, 2.45) is 0 Å². The van der Waals surface area contributed by atoms with Crippen molar-refractivity contribution in [3.05, 3.63) is 41.5 Å². The Hall–Kier alpha value is -1.61. The second-order valence-corrected chi connectivity index (χ2v) is 7.18. The summed E-state index contributed by atoms with van der Waals surface area (Å²) >= 11 is 0. The molecule has 0 spiro atoms. The first-order valence-electron chi connectivity index (χ1n) is 10.4. The van der Waals surface area contributed by atoms with E-state index in [4.69, 9.17) is 0 Å². The third kappa shape index (κ3) is 10.4. The molecule has 0 bridgehead atoms. The summed E-state index contributed by atoms with van der Waals surface area (Å²) in [5.41, 5.74) is 1.51. The van der Waals surface area contributed by atoms with Crippen molar-refractivity contribution in [3.63, 3.8) is 0 Å². The third-order valence-electron chi connectivity index (χ3n) is 4.71. The summed E-state index contributed by atoms with van der Waals surface area (Å²) in [5, 5.41) is 9.85.